The molecule has 1 atom stereocenters. The van der Waals surface area contributed by atoms with Gasteiger partial charge in [-0.2, -0.15) is 4.72 Å². The second-order valence-corrected chi connectivity index (χ2v) is 9.32. The van der Waals surface area contributed by atoms with Crippen molar-refractivity contribution in [3.05, 3.63) is 36.0 Å². The van der Waals surface area contributed by atoms with E-state index in [1.54, 1.807) is 0 Å². The van der Waals surface area contributed by atoms with E-state index in [0.29, 0.717) is 20.7 Å². The number of hydrogen-bond acceptors (Lipinski definition) is 7. The highest BCUT2D eigenvalue weighted by Gasteiger charge is 2.27. The first-order chi connectivity index (χ1) is 12.2. The molecule has 0 saturated heterocycles. The molecule has 3 rings (SSSR count). The van der Waals surface area contributed by atoms with Crippen molar-refractivity contribution in [3.63, 3.8) is 0 Å². The van der Waals surface area contributed by atoms with E-state index in [0.717, 1.165) is 11.3 Å². The molecule has 0 bridgehead atoms. The average Bonchev–Trinajstić information content (AvgIpc) is 3.15. The number of aromatic amines is 1. The van der Waals surface area contributed by atoms with Crippen molar-refractivity contribution in [2.45, 2.75) is 20.9 Å². The lowest BCUT2D eigenvalue weighted by molar-refractivity contribution is -0.138. The van der Waals surface area contributed by atoms with E-state index in [-0.39, 0.29) is 22.1 Å². The minimum absolute atomic E-state index is 0.0322. The number of benzene rings is 1. The van der Waals surface area contributed by atoms with Crippen molar-refractivity contribution in [1.82, 2.24) is 9.71 Å². The number of aromatic nitrogens is 1. The molecule has 1 aromatic carbocycles. The van der Waals surface area contributed by atoms with Crippen LogP contribution in [-0.4, -0.2) is 40.7 Å². The van der Waals surface area contributed by atoms with Gasteiger partial charge in [0.1, 0.15) is 10.3 Å². The lowest BCUT2D eigenvalue weighted by atomic mass is 10.1. The molecule has 26 heavy (non-hydrogen) atoms. The lowest BCUT2D eigenvalue weighted by Gasteiger charge is -2.14. The van der Waals surface area contributed by atoms with Gasteiger partial charge < -0.3 is 20.3 Å². The molecule has 0 saturated carbocycles. The van der Waals surface area contributed by atoms with E-state index >= 15 is 0 Å². The van der Waals surface area contributed by atoms with Crippen LogP contribution in [0.2, 0.25) is 0 Å². The van der Waals surface area contributed by atoms with Crippen LogP contribution in [0.15, 0.2) is 38.9 Å². The molecule has 0 spiro atoms. The van der Waals surface area contributed by atoms with Crippen LogP contribution in [0.25, 0.3) is 10.9 Å². The smallest absolute Gasteiger partial charge is 0.322 e. The molecular formula is C15H14N2O6S3. The fourth-order valence-electron chi connectivity index (χ4n) is 2.47. The number of aromatic hydroxyl groups is 2. The number of H-pyrrole nitrogens is 1. The molecule has 5 N–H and O–H groups in total. The Morgan fingerprint density at radius 2 is 1.96 bits per heavy atom. The van der Waals surface area contributed by atoms with Gasteiger partial charge in [0, 0.05) is 29.6 Å². The fraction of sp³-hybridized carbons (Fsp3) is 0.133. The highest BCUT2D eigenvalue weighted by Crippen LogP contribution is 2.32. The first kappa shape index (κ1) is 18.6. The third-order valence-corrected chi connectivity index (χ3v) is 6.99. The van der Waals surface area contributed by atoms with Crippen molar-refractivity contribution in [1.29, 1.82) is 0 Å². The van der Waals surface area contributed by atoms with Crippen LogP contribution in [0.3, 0.4) is 0 Å². The fourth-order valence-corrected chi connectivity index (χ4v) is 5.28. The number of fused-ring (bicyclic) bond motifs is 1. The first-order valence-electron chi connectivity index (χ1n) is 7.23. The number of rotatable bonds is 6. The van der Waals surface area contributed by atoms with Crippen molar-refractivity contribution in [2.24, 2.45) is 0 Å². The summed E-state index contributed by atoms with van der Waals surface area (Å²) in [6.07, 6.45) is 1.35. The van der Waals surface area contributed by atoms with Gasteiger partial charge >= 0.3 is 5.97 Å². The van der Waals surface area contributed by atoms with E-state index in [4.69, 9.17) is 0 Å². The molecule has 138 valence electrons. The summed E-state index contributed by atoms with van der Waals surface area (Å²) in [7, 11) is -4.02. The number of phenolic OH excluding ortho intramolecular Hbond substituents is 2. The third kappa shape index (κ3) is 3.65. The summed E-state index contributed by atoms with van der Waals surface area (Å²) in [6.45, 7) is 0. The van der Waals surface area contributed by atoms with Crippen LogP contribution in [0.1, 0.15) is 5.56 Å². The largest absolute Gasteiger partial charge is 0.504 e. The Balaban J connectivity index is 1.90. The Hall–Kier alpha value is -2.21. The molecular weight excluding hydrogens is 400 g/mol. The molecule has 0 aliphatic heterocycles. The van der Waals surface area contributed by atoms with E-state index in [2.05, 4.69) is 22.3 Å². The summed E-state index contributed by atoms with van der Waals surface area (Å²) in [5.74, 6) is -2.01. The molecule has 3 aromatic rings. The van der Waals surface area contributed by atoms with Gasteiger partial charge in [-0.1, -0.05) is 0 Å². The van der Waals surface area contributed by atoms with Crippen molar-refractivity contribution >= 4 is 50.9 Å². The molecule has 0 fully saturated rings. The van der Waals surface area contributed by atoms with Crippen LogP contribution in [0.4, 0.5) is 0 Å². The molecule has 0 aliphatic rings. The molecule has 0 radical (unpaired) electrons. The summed E-state index contributed by atoms with van der Waals surface area (Å²) in [5, 5.41) is 29.1. The molecule has 11 heteroatoms. The number of sulfonamides is 1. The number of thiol groups is 1. The van der Waals surface area contributed by atoms with Crippen molar-refractivity contribution < 1.29 is 28.5 Å². The maximum absolute atomic E-state index is 12.4. The zero-order chi connectivity index (χ0) is 19.1. The number of nitrogens with one attached hydrogen (secondary N) is 2. The molecule has 8 nitrogen and oxygen atoms in total. The molecule has 1 unspecified atom stereocenters. The van der Waals surface area contributed by atoms with E-state index in [1.807, 2.05) is 0 Å². The monoisotopic (exact) mass is 414 g/mol. The van der Waals surface area contributed by atoms with Gasteiger partial charge in [0.15, 0.2) is 11.5 Å². The number of hydrogen-bond donors (Lipinski definition) is 6. The number of carboxylic acid groups (broad SMARTS) is 1. The first-order valence-corrected chi connectivity index (χ1v) is 9.98. The van der Waals surface area contributed by atoms with Crippen LogP contribution in [0.5, 0.6) is 11.5 Å². The summed E-state index contributed by atoms with van der Waals surface area (Å²) < 4.78 is 27.4. The Morgan fingerprint density at radius 1 is 1.27 bits per heavy atom. The highest BCUT2D eigenvalue weighted by molar-refractivity contribution is 7.92. The number of carbonyl (C=O) groups is 1. The number of aliphatic carboxylic acids is 1. The van der Waals surface area contributed by atoms with Gasteiger partial charge in [0.2, 0.25) is 0 Å². The number of carboxylic acids is 1. The SMILES string of the molecule is O=C(O)C(Cc1c[nH]c2cc(O)c(O)cc12)NS(=O)(=O)c1ccc(S)s1. The number of phenols is 2. The Morgan fingerprint density at radius 3 is 2.58 bits per heavy atom. The zero-order valence-electron chi connectivity index (χ0n) is 13.0. The Kier molecular flexibility index (Phi) is 4.88. The summed E-state index contributed by atoms with van der Waals surface area (Å²) >= 11 is 4.98. The van der Waals surface area contributed by atoms with E-state index in [9.17, 15) is 28.5 Å². The van der Waals surface area contributed by atoms with Gasteiger partial charge in [-0.15, -0.1) is 24.0 Å². The molecule has 0 aliphatic carbocycles. The number of thiophene rings is 1. The minimum Gasteiger partial charge on any atom is -0.504 e. The Labute approximate surface area is 157 Å². The molecule has 0 amide bonds. The van der Waals surface area contributed by atoms with Crippen LogP contribution < -0.4 is 4.72 Å². The average molecular weight is 414 g/mol. The second kappa shape index (κ2) is 6.83. The van der Waals surface area contributed by atoms with E-state index < -0.39 is 22.0 Å². The quantitative estimate of drug-likeness (QED) is 0.269. The molecule has 2 heterocycles. The maximum atomic E-state index is 12.4. The van der Waals surface area contributed by atoms with Crippen molar-refractivity contribution in [2.75, 3.05) is 0 Å². The third-order valence-electron chi connectivity index (χ3n) is 3.71. The predicted molar refractivity (Wildman–Crippen MR) is 98.6 cm³/mol. The van der Waals surface area contributed by atoms with Crippen LogP contribution in [-0.2, 0) is 21.2 Å². The minimum atomic E-state index is -4.02. The van der Waals surface area contributed by atoms with Crippen molar-refractivity contribution in [3.8, 4) is 11.5 Å². The van der Waals surface area contributed by atoms with Gasteiger partial charge in [-0.25, -0.2) is 8.42 Å². The van der Waals surface area contributed by atoms with Gasteiger partial charge in [-0.3, -0.25) is 4.79 Å². The molecule has 2 aromatic heterocycles. The van der Waals surface area contributed by atoms with Crippen LogP contribution >= 0.6 is 24.0 Å². The standard InChI is InChI=1S/C15H14N2O6S3/c18-11-4-8-7(6-16-9(8)5-12(11)19)3-10(15(20)21)17-26(22,23)14-2-1-13(24)25-14/h1-2,4-6,10,16-19,24H,3H2,(H,20,21). The predicted octanol–water partition coefficient (Wildman–Crippen LogP) is 1.90. The normalized spacial score (nSPS) is 13.1. The zero-order valence-corrected chi connectivity index (χ0v) is 15.5. The van der Waals surface area contributed by atoms with Gasteiger partial charge in [-0.05, 0) is 23.8 Å². The highest BCUT2D eigenvalue weighted by atomic mass is 32.2. The lowest BCUT2D eigenvalue weighted by Crippen LogP contribution is -2.41. The maximum Gasteiger partial charge on any atom is 0.322 e. The van der Waals surface area contributed by atoms with Crippen LogP contribution in [0, 0.1) is 0 Å². The Bertz CT molecular complexity index is 1090. The van der Waals surface area contributed by atoms with E-state index in [1.165, 1.54) is 30.5 Å². The summed E-state index contributed by atoms with van der Waals surface area (Å²) in [6, 6.07) is 4.03. The second-order valence-electron chi connectivity index (χ2n) is 5.51. The summed E-state index contributed by atoms with van der Waals surface area (Å²) in [4.78, 5) is 14.4. The van der Waals surface area contributed by atoms with Gasteiger partial charge in [0.05, 0.1) is 4.21 Å². The van der Waals surface area contributed by atoms with Gasteiger partial charge in [0.25, 0.3) is 10.0 Å². The summed E-state index contributed by atoms with van der Waals surface area (Å²) in [5.41, 5.74) is 0.965. The topological polar surface area (TPSA) is 140 Å².